The number of carbonyl (C=O) groups is 3. The smallest absolute Gasteiger partial charge is 0.329 e. The molecule has 0 saturated heterocycles. The van der Waals surface area contributed by atoms with E-state index in [4.69, 9.17) is 30.5 Å². The number of hydrogen-bond donors (Lipinski definition) is 3. The summed E-state index contributed by atoms with van der Waals surface area (Å²) >= 11 is 8.08. The molecular weight excluding hydrogens is 667 g/mol. The first kappa shape index (κ1) is 29.9. The number of amides is 3. The second-order valence-electron chi connectivity index (χ2n) is 8.63. The third-order valence-electron chi connectivity index (χ3n) is 5.63. The van der Waals surface area contributed by atoms with Gasteiger partial charge in [-0.1, -0.05) is 23.7 Å². The minimum Gasteiger partial charge on any atom is -0.490 e. The lowest BCUT2D eigenvalue weighted by Crippen LogP contribution is -2.37. The zero-order valence-corrected chi connectivity index (χ0v) is 25.0. The van der Waals surface area contributed by atoms with Gasteiger partial charge in [0.25, 0.3) is 5.91 Å². The molecule has 0 radical (unpaired) electrons. The van der Waals surface area contributed by atoms with Crippen LogP contribution in [-0.4, -0.2) is 43.9 Å². The molecular formula is C28H26ClIN4O7. The summed E-state index contributed by atoms with van der Waals surface area (Å²) in [5.74, 6) is -0.155. The van der Waals surface area contributed by atoms with E-state index < -0.39 is 11.8 Å². The SMILES string of the molecule is CCOc1cc(/C=N\NC(=O)C(=O)NCc2ccc3c(c2)OCO3)cc(I)c1OCC(=O)Nc1cc(Cl)ccc1C. The minimum absolute atomic E-state index is 0.126. The zero-order valence-electron chi connectivity index (χ0n) is 22.1. The van der Waals surface area contributed by atoms with Crippen molar-refractivity contribution in [3.63, 3.8) is 0 Å². The lowest BCUT2D eigenvalue weighted by molar-refractivity contribution is -0.139. The lowest BCUT2D eigenvalue weighted by atomic mass is 10.2. The van der Waals surface area contributed by atoms with Crippen LogP contribution in [0.1, 0.15) is 23.6 Å². The average Bonchev–Trinajstić information content (AvgIpc) is 3.41. The Bertz CT molecular complexity index is 1500. The van der Waals surface area contributed by atoms with Crippen molar-refractivity contribution < 1.29 is 33.3 Å². The maximum Gasteiger partial charge on any atom is 0.329 e. The van der Waals surface area contributed by atoms with Gasteiger partial charge in [0.1, 0.15) is 0 Å². The Hall–Kier alpha value is -4.04. The summed E-state index contributed by atoms with van der Waals surface area (Å²) in [6.07, 6.45) is 1.37. The zero-order chi connectivity index (χ0) is 29.4. The Morgan fingerprint density at radius 1 is 1.05 bits per heavy atom. The van der Waals surface area contributed by atoms with Crippen molar-refractivity contribution in [1.82, 2.24) is 10.7 Å². The van der Waals surface area contributed by atoms with E-state index in [1.807, 2.05) is 19.9 Å². The Balaban J connectivity index is 1.32. The maximum atomic E-state index is 12.5. The van der Waals surface area contributed by atoms with Gasteiger partial charge in [-0.3, -0.25) is 14.4 Å². The molecule has 0 bridgehead atoms. The summed E-state index contributed by atoms with van der Waals surface area (Å²) in [6, 6.07) is 13.8. The molecule has 0 unspecified atom stereocenters. The molecule has 3 amide bonds. The predicted octanol–water partition coefficient (Wildman–Crippen LogP) is 4.16. The Labute approximate surface area is 254 Å². The molecule has 3 aromatic carbocycles. The van der Waals surface area contributed by atoms with Crippen LogP contribution < -0.4 is 35.0 Å². The molecule has 3 aromatic rings. The number of hydrogen-bond acceptors (Lipinski definition) is 8. The van der Waals surface area contributed by atoms with Gasteiger partial charge in [0, 0.05) is 17.3 Å². The summed E-state index contributed by atoms with van der Waals surface area (Å²) in [6.45, 7) is 4.04. The third kappa shape index (κ3) is 8.24. The average molecular weight is 693 g/mol. The molecule has 0 atom stereocenters. The summed E-state index contributed by atoms with van der Waals surface area (Å²) in [7, 11) is 0. The van der Waals surface area contributed by atoms with E-state index in [0.717, 1.165) is 11.1 Å². The summed E-state index contributed by atoms with van der Waals surface area (Å²) < 4.78 is 22.7. The number of nitrogens with zero attached hydrogens (tertiary/aromatic N) is 1. The number of fused-ring (bicyclic) bond motifs is 1. The van der Waals surface area contributed by atoms with E-state index >= 15 is 0 Å². The number of ether oxygens (including phenoxy) is 4. The molecule has 3 N–H and O–H groups in total. The second kappa shape index (κ2) is 14.0. The second-order valence-corrected chi connectivity index (χ2v) is 10.2. The molecule has 0 saturated carbocycles. The Kier molecular flexibility index (Phi) is 10.2. The van der Waals surface area contributed by atoms with Gasteiger partial charge in [0.15, 0.2) is 29.6 Å². The third-order valence-corrected chi connectivity index (χ3v) is 6.67. The summed E-state index contributed by atoms with van der Waals surface area (Å²) in [4.78, 5) is 36.9. The van der Waals surface area contributed by atoms with E-state index in [9.17, 15) is 14.4 Å². The quantitative estimate of drug-likeness (QED) is 0.126. The molecule has 0 aromatic heterocycles. The fraction of sp³-hybridized carbons (Fsp3) is 0.214. The number of benzene rings is 3. The molecule has 41 heavy (non-hydrogen) atoms. The van der Waals surface area contributed by atoms with Gasteiger partial charge in [0.2, 0.25) is 6.79 Å². The van der Waals surface area contributed by atoms with Crippen LogP contribution in [0, 0.1) is 10.5 Å². The van der Waals surface area contributed by atoms with E-state index in [0.29, 0.717) is 49.4 Å². The van der Waals surface area contributed by atoms with Gasteiger partial charge in [-0.15, -0.1) is 0 Å². The summed E-state index contributed by atoms with van der Waals surface area (Å²) in [5.41, 5.74) is 4.99. The molecule has 4 rings (SSSR count). The van der Waals surface area contributed by atoms with E-state index in [2.05, 4.69) is 43.8 Å². The molecule has 0 spiro atoms. The number of halogens is 2. The van der Waals surface area contributed by atoms with Crippen LogP contribution in [0.3, 0.4) is 0 Å². The van der Waals surface area contributed by atoms with E-state index in [1.165, 1.54) is 6.21 Å². The maximum absolute atomic E-state index is 12.5. The van der Waals surface area contributed by atoms with Crippen molar-refractivity contribution >= 4 is 63.8 Å². The van der Waals surface area contributed by atoms with Gasteiger partial charge in [0.05, 0.1) is 16.4 Å². The highest BCUT2D eigenvalue weighted by atomic mass is 127. The molecule has 0 aliphatic carbocycles. The van der Waals surface area contributed by atoms with E-state index in [1.54, 1.807) is 42.5 Å². The van der Waals surface area contributed by atoms with Crippen LogP contribution in [0.2, 0.25) is 5.02 Å². The van der Waals surface area contributed by atoms with Crippen molar-refractivity contribution in [1.29, 1.82) is 0 Å². The van der Waals surface area contributed by atoms with Crippen LogP contribution in [0.5, 0.6) is 23.0 Å². The number of anilines is 1. The first-order chi connectivity index (χ1) is 19.7. The van der Waals surface area contributed by atoms with Gasteiger partial charge >= 0.3 is 11.8 Å². The molecule has 13 heteroatoms. The minimum atomic E-state index is -0.928. The van der Waals surface area contributed by atoms with Crippen molar-refractivity contribution in [3.05, 3.63) is 73.8 Å². The van der Waals surface area contributed by atoms with Crippen LogP contribution >= 0.6 is 34.2 Å². The topological polar surface area (TPSA) is 137 Å². The highest BCUT2D eigenvalue weighted by Gasteiger charge is 2.17. The monoisotopic (exact) mass is 692 g/mol. The number of hydrazone groups is 1. The first-order valence-electron chi connectivity index (χ1n) is 12.4. The normalized spacial score (nSPS) is 11.7. The van der Waals surface area contributed by atoms with Gasteiger partial charge < -0.3 is 29.6 Å². The highest BCUT2D eigenvalue weighted by Crippen LogP contribution is 2.34. The van der Waals surface area contributed by atoms with Crippen LogP contribution in [0.25, 0.3) is 0 Å². The lowest BCUT2D eigenvalue weighted by Gasteiger charge is -2.15. The number of aryl methyl sites for hydroxylation is 1. The van der Waals surface area contributed by atoms with Crippen molar-refractivity contribution in [3.8, 4) is 23.0 Å². The van der Waals surface area contributed by atoms with Crippen molar-refractivity contribution in [2.45, 2.75) is 20.4 Å². The fourth-order valence-corrected chi connectivity index (χ4v) is 4.60. The number of rotatable bonds is 10. The predicted molar refractivity (Wildman–Crippen MR) is 161 cm³/mol. The van der Waals surface area contributed by atoms with Crippen LogP contribution in [0.4, 0.5) is 5.69 Å². The molecule has 1 heterocycles. The van der Waals surface area contributed by atoms with Gasteiger partial charge in [-0.25, -0.2) is 5.43 Å². The number of carbonyl (C=O) groups excluding carboxylic acids is 3. The van der Waals surface area contributed by atoms with Gasteiger partial charge in [-0.2, -0.15) is 5.10 Å². The van der Waals surface area contributed by atoms with Crippen molar-refractivity contribution in [2.24, 2.45) is 5.10 Å². The standard InChI is InChI=1S/C28H26ClIN4O7/c1-3-38-24-10-18(8-20(30)26(24)39-14-25(35)33-21-11-19(29)6-4-16(21)2)13-32-34-28(37)27(36)31-12-17-5-7-22-23(9-17)41-15-40-22/h4-11,13H,3,12,14-15H2,1-2H3,(H,31,36)(H,33,35)(H,34,37)/b32-13-. The molecule has 1 aliphatic rings. The van der Waals surface area contributed by atoms with Crippen LogP contribution in [0.15, 0.2) is 53.6 Å². The Morgan fingerprint density at radius 3 is 2.66 bits per heavy atom. The molecule has 0 fully saturated rings. The highest BCUT2D eigenvalue weighted by molar-refractivity contribution is 14.1. The van der Waals surface area contributed by atoms with Crippen LogP contribution in [-0.2, 0) is 20.9 Å². The number of nitrogens with one attached hydrogen (secondary N) is 3. The fourth-order valence-electron chi connectivity index (χ4n) is 3.65. The molecule has 11 nitrogen and oxygen atoms in total. The molecule has 214 valence electrons. The molecule has 1 aliphatic heterocycles. The Morgan fingerprint density at radius 2 is 1.85 bits per heavy atom. The van der Waals surface area contributed by atoms with Crippen molar-refractivity contribution in [2.75, 3.05) is 25.3 Å². The van der Waals surface area contributed by atoms with E-state index in [-0.39, 0.29) is 25.9 Å². The summed E-state index contributed by atoms with van der Waals surface area (Å²) in [5, 5.41) is 9.70. The largest absolute Gasteiger partial charge is 0.490 e. The first-order valence-corrected chi connectivity index (χ1v) is 13.8. The van der Waals surface area contributed by atoms with Gasteiger partial charge in [-0.05, 0) is 89.5 Å².